The van der Waals surface area contributed by atoms with Crippen molar-refractivity contribution >= 4 is 17.7 Å². The molecule has 1 fully saturated rings. The molecule has 2 N–H and O–H groups in total. The zero-order valence-electron chi connectivity index (χ0n) is 10.1. The van der Waals surface area contributed by atoms with Gasteiger partial charge in [0.1, 0.15) is 6.61 Å². The van der Waals surface area contributed by atoms with Crippen molar-refractivity contribution in [2.45, 2.75) is 24.4 Å². The second-order valence-corrected chi connectivity index (χ2v) is 5.02. The lowest BCUT2D eigenvalue weighted by atomic mass is 10.1. The molecule has 1 aromatic rings. The molecular weight excluding hydrogens is 252 g/mol. The van der Waals surface area contributed by atoms with E-state index in [0.29, 0.717) is 19.5 Å². The van der Waals surface area contributed by atoms with Crippen molar-refractivity contribution in [2.75, 3.05) is 13.1 Å². The molecule has 0 saturated carbocycles. The molecule has 1 heterocycles. The van der Waals surface area contributed by atoms with Gasteiger partial charge in [-0.1, -0.05) is 30.3 Å². The van der Waals surface area contributed by atoms with Gasteiger partial charge in [-0.3, -0.25) is 0 Å². The van der Waals surface area contributed by atoms with Crippen molar-refractivity contribution in [1.82, 2.24) is 4.90 Å². The number of nitrogens with two attached hydrogens (primary N) is 1. The molecular formula is C13H17ClN2O2. The van der Waals surface area contributed by atoms with Crippen LogP contribution in [0.5, 0.6) is 0 Å². The number of amides is 1. The molecule has 0 bridgehead atoms. The molecule has 2 atom stereocenters. The minimum absolute atomic E-state index is 0.0372. The maximum absolute atomic E-state index is 11.8. The summed E-state index contributed by atoms with van der Waals surface area (Å²) in [5.41, 5.74) is 6.77. The first kappa shape index (κ1) is 13.2. The monoisotopic (exact) mass is 268 g/mol. The van der Waals surface area contributed by atoms with Gasteiger partial charge in [-0.25, -0.2) is 4.79 Å². The zero-order valence-corrected chi connectivity index (χ0v) is 10.8. The van der Waals surface area contributed by atoms with E-state index in [9.17, 15) is 4.79 Å². The number of ether oxygens (including phenoxy) is 1. The smallest absolute Gasteiger partial charge is 0.410 e. The minimum Gasteiger partial charge on any atom is -0.445 e. The first-order chi connectivity index (χ1) is 8.66. The average molecular weight is 269 g/mol. The Morgan fingerprint density at radius 1 is 1.44 bits per heavy atom. The first-order valence-corrected chi connectivity index (χ1v) is 6.46. The molecule has 0 aromatic heterocycles. The van der Waals surface area contributed by atoms with Crippen molar-refractivity contribution < 1.29 is 9.53 Å². The van der Waals surface area contributed by atoms with Crippen molar-refractivity contribution in [3.8, 4) is 0 Å². The Kier molecular flexibility index (Phi) is 4.44. The molecule has 0 radical (unpaired) electrons. The Labute approximate surface area is 112 Å². The van der Waals surface area contributed by atoms with Crippen molar-refractivity contribution in [3.05, 3.63) is 35.9 Å². The fraction of sp³-hybridized carbons (Fsp3) is 0.462. The zero-order chi connectivity index (χ0) is 13.0. The van der Waals surface area contributed by atoms with Gasteiger partial charge >= 0.3 is 6.09 Å². The number of piperidine rings is 1. The number of alkyl halides is 1. The lowest BCUT2D eigenvalue weighted by Gasteiger charge is -2.32. The molecule has 1 aliphatic heterocycles. The van der Waals surface area contributed by atoms with E-state index < -0.39 is 0 Å². The number of hydrogen-bond donors (Lipinski definition) is 1. The van der Waals surface area contributed by atoms with Gasteiger partial charge in [0.2, 0.25) is 0 Å². The highest BCUT2D eigenvalue weighted by molar-refractivity contribution is 6.21. The van der Waals surface area contributed by atoms with Crippen molar-refractivity contribution in [3.63, 3.8) is 0 Å². The third-order valence-corrected chi connectivity index (χ3v) is 3.52. The molecule has 1 aliphatic rings. The Balaban J connectivity index is 1.82. The SMILES string of the molecule is NC1CCN(C(=O)OCc2ccccc2)CC1Cl. The lowest BCUT2D eigenvalue weighted by molar-refractivity contribution is 0.0880. The second-order valence-electron chi connectivity index (χ2n) is 4.45. The molecule has 5 heteroatoms. The second kappa shape index (κ2) is 6.07. The topological polar surface area (TPSA) is 55.6 Å². The normalized spacial score (nSPS) is 23.8. The van der Waals surface area contributed by atoms with Crippen LogP contribution in [0.4, 0.5) is 4.79 Å². The molecule has 2 rings (SSSR count). The van der Waals surface area contributed by atoms with Gasteiger partial charge in [-0.15, -0.1) is 11.6 Å². The summed E-state index contributed by atoms with van der Waals surface area (Å²) in [5.74, 6) is 0. The number of likely N-dealkylation sites (tertiary alicyclic amines) is 1. The highest BCUT2D eigenvalue weighted by Gasteiger charge is 2.28. The number of carbonyl (C=O) groups is 1. The summed E-state index contributed by atoms with van der Waals surface area (Å²) >= 11 is 6.05. The van der Waals surface area contributed by atoms with Crippen LogP contribution in [0.1, 0.15) is 12.0 Å². The Hall–Kier alpha value is -1.26. The van der Waals surface area contributed by atoms with Crippen molar-refractivity contribution in [2.24, 2.45) is 5.73 Å². The maximum Gasteiger partial charge on any atom is 0.410 e. The summed E-state index contributed by atoms with van der Waals surface area (Å²) in [4.78, 5) is 13.4. The predicted octanol–water partition coefficient (Wildman–Crippen LogP) is 1.96. The van der Waals surface area contributed by atoms with Gasteiger partial charge in [0.05, 0.1) is 5.38 Å². The fourth-order valence-corrected chi connectivity index (χ4v) is 2.19. The summed E-state index contributed by atoms with van der Waals surface area (Å²) < 4.78 is 5.24. The summed E-state index contributed by atoms with van der Waals surface area (Å²) in [6, 6.07) is 9.56. The summed E-state index contributed by atoms with van der Waals surface area (Å²) in [5, 5.41) is -0.192. The Bertz CT molecular complexity index is 399. The first-order valence-electron chi connectivity index (χ1n) is 6.02. The molecule has 0 aliphatic carbocycles. The van der Waals surface area contributed by atoms with Crippen molar-refractivity contribution in [1.29, 1.82) is 0 Å². The number of nitrogens with zero attached hydrogens (tertiary/aromatic N) is 1. The van der Waals surface area contributed by atoms with Gasteiger partial charge in [0, 0.05) is 19.1 Å². The van der Waals surface area contributed by atoms with Gasteiger partial charge in [0.15, 0.2) is 0 Å². The largest absolute Gasteiger partial charge is 0.445 e. The van der Waals surface area contributed by atoms with E-state index in [-0.39, 0.29) is 24.1 Å². The van der Waals surface area contributed by atoms with Gasteiger partial charge in [-0.2, -0.15) is 0 Å². The minimum atomic E-state index is -0.323. The van der Waals surface area contributed by atoms with E-state index >= 15 is 0 Å². The standard InChI is InChI=1S/C13H17ClN2O2/c14-11-8-16(7-6-12(11)15)13(17)18-9-10-4-2-1-3-5-10/h1-5,11-12H,6-9,15H2. The van der Waals surface area contributed by atoms with Crippen LogP contribution in [0.3, 0.4) is 0 Å². The van der Waals surface area contributed by atoms with E-state index in [1.807, 2.05) is 30.3 Å². The average Bonchev–Trinajstić information content (AvgIpc) is 2.40. The van der Waals surface area contributed by atoms with Crippen LogP contribution in [-0.4, -0.2) is 35.5 Å². The Morgan fingerprint density at radius 2 is 2.17 bits per heavy atom. The highest BCUT2D eigenvalue weighted by atomic mass is 35.5. The summed E-state index contributed by atoms with van der Waals surface area (Å²) in [6.07, 6.45) is 0.394. The van der Waals surface area contributed by atoms with E-state index in [2.05, 4.69) is 0 Å². The molecule has 0 spiro atoms. The predicted molar refractivity (Wildman–Crippen MR) is 70.4 cm³/mol. The molecule has 98 valence electrons. The fourth-order valence-electron chi connectivity index (χ4n) is 1.90. The highest BCUT2D eigenvalue weighted by Crippen LogP contribution is 2.15. The third kappa shape index (κ3) is 3.37. The maximum atomic E-state index is 11.8. The summed E-state index contributed by atoms with van der Waals surface area (Å²) in [6.45, 7) is 1.35. The number of halogens is 1. The third-order valence-electron chi connectivity index (χ3n) is 3.06. The van der Waals surface area contributed by atoms with Crippen LogP contribution in [-0.2, 0) is 11.3 Å². The van der Waals surface area contributed by atoms with E-state index in [4.69, 9.17) is 22.1 Å². The Morgan fingerprint density at radius 3 is 2.83 bits per heavy atom. The lowest BCUT2D eigenvalue weighted by Crippen LogP contribution is -2.50. The number of benzene rings is 1. The quantitative estimate of drug-likeness (QED) is 0.835. The number of rotatable bonds is 2. The summed E-state index contributed by atoms with van der Waals surface area (Å²) in [7, 11) is 0. The van der Waals surface area contributed by atoms with Gasteiger partial charge in [-0.05, 0) is 12.0 Å². The van der Waals surface area contributed by atoms with E-state index in [1.54, 1.807) is 4.90 Å². The molecule has 1 amide bonds. The number of hydrogen-bond acceptors (Lipinski definition) is 3. The van der Waals surface area contributed by atoms with Crippen LogP contribution >= 0.6 is 11.6 Å². The molecule has 4 nitrogen and oxygen atoms in total. The van der Waals surface area contributed by atoms with Gasteiger partial charge < -0.3 is 15.4 Å². The molecule has 2 unspecified atom stereocenters. The van der Waals surface area contributed by atoms with Crippen LogP contribution in [0.15, 0.2) is 30.3 Å². The van der Waals surface area contributed by atoms with E-state index in [1.165, 1.54) is 0 Å². The van der Waals surface area contributed by atoms with Gasteiger partial charge in [0.25, 0.3) is 0 Å². The molecule has 1 saturated heterocycles. The molecule has 1 aromatic carbocycles. The van der Waals surface area contributed by atoms with Crippen LogP contribution in [0.2, 0.25) is 0 Å². The molecule has 18 heavy (non-hydrogen) atoms. The van der Waals surface area contributed by atoms with Crippen LogP contribution in [0.25, 0.3) is 0 Å². The van der Waals surface area contributed by atoms with E-state index in [0.717, 1.165) is 5.56 Å². The van der Waals surface area contributed by atoms with Crippen LogP contribution < -0.4 is 5.73 Å². The van der Waals surface area contributed by atoms with Crippen LogP contribution in [0, 0.1) is 0 Å². The number of carbonyl (C=O) groups excluding carboxylic acids is 1.